The van der Waals surface area contributed by atoms with Crippen LogP contribution in [-0.4, -0.2) is 13.2 Å². The van der Waals surface area contributed by atoms with Gasteiger partial charge in [0.15, 0.2) is 0 Å². The maximum absolute atomic E-state index is 8.01. The molecule has 0 aromatic heterocycles. The Morgan fingerprint density at radius 2 is 2.38 bits per heavy atom. The van der Waals surface area contributed by atoms with E-state index < -0.39 is 0 Å². The topological polar surface area (TPSA) is 58.0 Å². The van der Waals surface area contributed by atoms with Crippen molar-refractivity contribution in [3.05, 3.63) is 38.3 Å². The van der Waals surface area contributed by atoms with Crippen LogP contribution in [0.15, 0.2) is 29.4 Å². The Hall–Kier alpha value is -0.940. The highest BCUT2D eigenvalue weighted by Gasteiger charge is 1.92. The van der Waals surface area contributed by atoms with Gasteiger partial charge in [-0.1, -0.05) is 11.2 Å². The monoisotopic (exact) mass is 289 g/mol. The predicted molar refractivity (Wildman–Crippen MR) is 58.7 cm³/mol. The quantitative estimate of drug-likeness (QED) is 0.276. The summed E-state index contributed by atoms with van der Waals surface area (Å²) in [7, 11) is 0. The summed E-state index contributed by atoms with van der Waals surface area (Å²) in [4.78, 5) is 2.63. The van der Waals surface area contributed by atoms with Gasteiger partial charge in [-0.15, -0.1) is 0 Å². The van der Waals surface area contributed by atoms with Crippen molar-refractivity contribution in [2.75, 3.05) is 13.2 Å². The zero-order valence-corrected chi connectivity index (χ0v) is 9.01. The summed E-state index contributed by atoms with van der Waals surface area (Å²) in [5.74, 6) is 0.806. The standard InChI is InChI=1S/C8H8IN3O/c9-7-2-1-3-8(6-7)13-5-4-11-12-10/h1-3,6H,4-5H2. The van der Waals surface area contributed by atoms with Crippen molar-refractivity contribution >= 4 is 22.6 Å². The Labute approximate surface area is 89.7 Å². The van der Waals surface area contributed by atoms with Gasteiger partial charge >= 0.3 is 0 Å². The van der Waals surface area contributed by atoms with Crippen LogP contribution in [0.2, 0.25) is 0 Å². The highest BCUT2D eigenvalue weighted by molar-refractivity contribution is 14.1. The van der Waals surface area contributed by atoms with Crippen LogP contribution in [0, 0.1) is 3.57 Å². The average Bonchev–Trinajstić information content (AvgIpc) is 2.13. The van der Waals surface area contributed by atoms with Gasteiger partial charge in [-0.2, -0.15) is 0 Å². The van der Waals surface area contributed by atoms with E-state index in [9.17, 15) is 0 Å². The van der Waals surface area contributed by atoms with E-state index in [1.165, 1.54) is 0 Å². The van der Waals surface area contributed by atoms with Crippen LogP contribution in [0.4, 0.5) is 0 Å². The van der Waals surface area contributed by atoms with E-state index in [4.69, 9.17) is 10.3 Å². The van der Waals surface area contributed by atoms with Crippen LogP contribution >= 0.6 is 22.6 Å². The lowest BCUT2D eigenvalue weighted by molar-refractivity contribution is 0.328. The van der Waals surface area contributed by atoms with Gasteiger partial charge in [0.1, 0.15) is 5.75 Å². The number of rotatable bonds is 4. The minimum atomic E-state index is 0.363. The van der Waals surface area contributed by atoms with Crippen molar-refractivity contribution in [2.45, 2.75) is 0 Å². The molecule has 1 rings (SSSR count). The average molecular weight is 289 g/mol. The normalized spacial score (nSPS) is 9.00. The van der Waals surface area contributed by atoms with Gasteiger partial charge in [-0.3, -0.25) is 0 Å². The summed E-state index contributed by atoms with van der Waals surface area (Å²) in [6, 6.07) is 7.71. The largest absolute Gasteiger partial charge is 0.493 e. The highest BCUT2D eigenvalue weighted by Crippen LogP contribution is 2.14. The summed E-state index contributed by atoms with van der Waals surface area (Å²) in [5, 5.41) is 3.36. The molecule has 4 nitrogen and oxygen atoms in total. The lowest BCUT2D eigenvalue weighted by atomic mass is 10.3. The number of hydrogen-bond acceptors (Lipinski definition) is 2. The minimum absolute atomic E-state index is 0.363. The Kier molecular flexibility index (Phi) is 4.42. The molecule has 0 bridgehead atoms. The Morgan fingerprint density at radius 1 is 1.54 bits per heavy atom. The first kappa shape index (κ1) is 10.1. The van der Waals surface area contributed by atoms with Gasteiger partial charge in [-0.25, -0.2) is 0 Å². The van der Waals surface area contributed by atoms with Crippen molar-refractivity contribution < 1.29 is 4.74 Å². The first-order valence-corrected chi connectivity index (χ1v) is 4.80. The fourth-order valence-corrected chi connectivity index (χ4v) is 1.32. The summed E-state index contributed by atoms with van der Waals surface area (Å²) in [6.07, 6.45) is 0. The molecule has 0 radical (unpaired) electrons. The Bertz CT molecular complexity index is 323. The summed E-state index contributed by atoms with van der Waals surface area (Å²) >= 11 is 2.21. The van der Waals surface area contributed by atoms with Crippen LogP contribution < -0.4 is 4.74 Å². The van der Waals surface area contributed by atoms with E-state index >= 15 is 0 Å². The number of hydrogen-bond donors (Lipinski definition) is 0. The second-order valence-corrected chi connectivity index (χ2v) is 3.51. The van der Waals surface area contributed by atoms with Crippen LogP contribution in [0.3, 0.4) is 0 Å². The number of ether oxygens (including phenoxy) is 1. The molecule has 1 aromatic rings. The fourth-order valence-electron chi connectivity index (χ4n) is 0.806. The number of nitrogens with zero attached hydrogens (tertiary/aromatic N) is 3. The SMILES string of the molecule is [N-]=[N+]=NCCOc1cccc(I)c1. The molecule has 1 aromatic carbocycles. The van der Waals surface area contributed by atoms with E-state index in [0.717, 1.165) is 9.32 Å². The number of benzene rings is 1. The maximum atomic E-state index is 8.01. The lowest BCUT2D eigenvalue weighted by Gasteiger charge is -2.03. The molecular weight excluding hydrogens is 281 g/mol. The van der Waals surface area contributed by atoms with Crippen molar-refractivity contribution in [1.29, 1.82) is 0 Å². The van der Waals surface area contributed by atoms with Crippen LogP contribution in [0.5, 0.6) is 5.75 Å². The van der Waals surface area contributed by atoms with Crippen molar-refractivity contribution in [3.63, 3.8) is 0 Å². The van der Waals surface area contributed by atoms with E-state index in [-0.39, 0.29) is 0 Å². The first-order valence-electron chi connectivity index (χ1n) is 3.72. The summed E-state index contributed by atoms with van der Waals surface area (Å²) in [6.45, 7) is 0.784. The lowest BCUT2D eigenvalue weighted by Crippen LogP contribution is -1.99. The molecule has 0 aliphatic rings. The van der Waals surface area contributed by atoms with Crippen LogP contribution in [0.25, 0.3) is 10.4 Å². The van der Waals surface area contributed by atoms with Crippen LogP contribution in [-0.2, 0) is 0 Å². The minimum Gasteiger partial charge on any atom is -0.493 e. The smallest absolute Gasteiger partial charge is 0.120 e. The molecule has 0 spiro atoms. The van der Waals surface area contributed by atoms with Gasteiger partial charge in [0.2, 0.25) is 0 Å². The Balaban J connectivity index is 2.40. The maximum Gasteiger partial charge on any atom is 0.120 e. The summed E-state index contributed by atoms with van der Waals surface area (Å²) < 4.78 is 6.44. The van der Waals surface area contributed by atoms with Crippen molar-refractivity contribution in [2.24, 2.45) is 5.11 Å². The molecule has 0 saturated heterocycles. The third kappa shape index (κ3) is 4.00. The predicted octanol–water partition coefficient (Wildman–Crippen LogP) is 2.98. The van der Waals surface area contributed by atoms with Gasteiger partial charge in [0.25, 0.3) is 0 Å². The van der Waals surface area contributed by atoms with Crippen molar-refractivity contribution in [3.8, 4) is 5.75 Å². The molecule has 0 aliphatic heterocycles. The van der Waals surface area contributed by atoms with E-state index in [1.807, 2.05) is 24.3 Å². The third-order valence-electron chi connectivity index (χ3n) is 1.32. The molecule has 68 valence electrons. The second kappa shape index (κ2) is 5.66. The molecule has 0 aliphatic carbocycles. The first-order chi connectivity index (χ1) is 6.33. The number of halogens is 1. The van der Waals surface area contributed by atoms with Gasteiger partial charge in [-0.05, 0) is 46.3 Å². The Morgan fingerprint density at radius 3 is 3.08 bits per heavy atom. The molecule has 5 heteroatoms. The molecule has 13 heavy (non-hydrogen) atoms. The molecule has 0 atom stereocenters. The highest BCUT2D eigenvalue weighted by atomic mass is 127. The summed E-state index contributed by atoms with van der Waals surface area (Å²) in [5.41, 5.74) is 8.01. The molecule has 0 N–H and O–H groups in total. The molecule has 0 unspecified atom stereocenters. The fraction of sp³-hybridized carbons (Fsp3) is 0.250. The molecule has 0 fully saturated rings. The molecule has 0 amide bonds. The zero-order valence-electron chi connectivity index (χ0n) is 6.85. The van der Waals surface area contributed by atoms with Gasteiger partial charge in [0, 0.05) is 8.48 Å². The van der Waals surface area contributed by atoms with Gasteiger partial charge in [0.05, 0.1) is 13.2 Å². The molecule has 0 heterocycles. The molecule has 0 saturated carbocycles. The molecular formula is C8H8IN3O. The third-order valence-corrected chi connectivity index (χ3v) is 1.99. The zero-order chi connectivity index (χ0) is 9.52. The van der Waals surface area contributed by atoms with E-state index in [2.05, 4.69) is 32.6 Å². The van der Waals surface area contributed by atoms with E-state index in [1.54, 1.807) is 0 Å². The van der Waals surface area contributed by atoms with Gasteiger partial charge < -0.3 is 4.74 Å². The van der Waals surface area contributed by atoms with Crippen LogP contribution in [0.1, 0.15) is 0 Å². The van der Waals surface area contributed by atoms with E-state index in [0.29, 0.717) is 13.2 Å². The number of azide groups is 1. The van der Waals surface area contributed by atoms with Crippen molar-refractivity contribution in [1.82, 2.24) is 0 Å². The second-order valence-electron chi connectivity index (χ2n) is 2.26.